The van der Waals surface area contributed by atoms with Crippen LogP contribution in [-0.2, 0) is 21.1 Å². The first kappa shape index (κ1) is 31.7. The molecule has 0 aliphatic rings. The second-order valence-electron chi connectivity index (χ2n) is 5.37. The van der Waals surface area contributed by atoms with Gasteiger partial charge in [-0.25, -0.2) is 0 Å². The van der Waals surface area contributed by atoms with Gasteiger partial charge in [0.05, 0.1) is 0 Å². The Morgan fingerprint density at radius 1 is 0.294 bits per heavy atom. The van der Waals surface area contributed by atoms with E-state index in [4.69, 9.17) is 0 Å². The Morgan fingerprint density at radius 2 is 0.294 bits per heavy atom. The van der Waals surface area contributed by atoms with Gasteiger partial charge in [-0.05, 0) is 80.0 Å². The predicted octanol–water partition coefficient (Wildman–Crippen LogP) is 5.43. The van der Waals surface area contributed by atoms with Gasteiger partial charge in [0.1, 0.15) is 0 Å². The van der Waals surface area contributed by atoms with Crippen LogP contribution in [-0.4, -0.2) is 80.0 Å². The van der Waals surface area contributed by atoms with Crippen molar-refractivity contribution in [3.05, 3.63) is 0 Å². The minimum absolute atomic E-state index is 0. The van der Waals surface area contributed by atoms with Crippen LogP contribution in [0.3, 0.4) is 0 Å². The van der Waals surface area contributed by atoms with Crippen LogP contribution in [0.2, 0.25) is 0 Å². The van der Waals surface area contributed by atoms with Crippen molar-refractivity contribution in [1.82, 2.24) is 0 Å². The standard InChI is InChI=1S/4C3H9P.Pt/c4*1-4(2)3;/h4*1-3H3;. The molecular formula is C12H36P4Pt. The van der Waals surface area contributed by atoms with E-state index in [0.717, 1.165) is 0 Å². The summed E-state index contributed by atoms with van der Waals surface area (Å²) in [6.07, 6.45) is 0. The molecule has 0 aliphatic heterocycles. The first-order valence-electron chi connectivity index (χ1n) is 5.37. The topological polar surface area (TPSA) is 0 Å². The molecule has 0 amide bonds. The SMILES string of the molecule is CP(C)C.CP(C)C.CP(C)C.CP(C)C.[Pt]. The summed E-state index contributed by atoms with van der Waals surface area (Å²) < 4.78 is 0. The maximum atomic E-state index is 2.23. The first-order valence-corrected chi connectivity index (χ1v) is 16.1. The molecule has 5 heteroatoms. The van der Waals surface area contributed by atoms with Crippen molar-refractivity contribution in [2.45, 2.75) is 0 Å². The van der Waals surface area contributed by atoms with Crippen LogP contribution in [0.1, 0.15) is 0 Å². The third-order valence-corrected chi connectivity index (χ3v) is 0. The van der Waals surface area contributed by atoms with Gasteiger partial charge >= 0.3 is 0 Å². The van der Waals surface area contributed by atoms with Crippen LogP contribution in [0.25, 0.3) is 0 Å². The fourth-order valence-corrected chi connectivity index (χ4v) is 0. The summed E-state index contributed by atoms with van der Waals surface area (Å²) in [6, 6.07) is 0. The maximum Gasteiger partial charge on any atom is 0 e. The minimum atomic E-state index is 0. The fraction of sp³-hybridized carbons (Fsp3) is 1.00. The van der Waals surface area contributed by atoms with Crippen LogP contribution >= 0.6 is 31.7 Å². The molecule has 0 fully saturated rings. The molecule has 0 bridgehead atoms. The summed E-state index contributed by atoms with van der Waals surface area (Å²) in [5.74, 6) is 0. The minimum Gasteiger partial charge on any atom is -0.116 e. The van der Waals surface area contributed by atoms with Gasteiger partial charge in [-0.2, -0.15) is 0 Å². The molecule has 0 spiro atoms. The second-order valence-corrected chi connectivity index (χ2v) is 16.1. The molecule has 0 radical (unpaired) electrons. The molecule has 114 valence electrons. The van der Waals surface area contributed by atoms with Crippen molar-refractivity contribution in [3.63, 3.8) is 0 Å². The molecule has 0 aromatic rings. The van der Waals surface area contributed by atoms with Crippen LogP contribution < -0.4 is 0 Å². The van der Waals surface area contributed by atoms with Crippen molar-refractivity contribution in [1.29, 1.82) is 0 Å². The fourth-order valence-electron chi connectivity index (χ4n) is 0. The van der Waals surface area contributed by atoms with Gasteiger partial charge in [-0.1, -0.05) is 0 Å². The van der Waals surface area contributed by atoms with E-state index in [0.29, 0.717) is 31.7 Å². The second kappa shape index (κ2) is 26.9. The molecule has 0 atom stereocenters. The van der Waals surface area contributed by atoms with Gasteiger partial charge in [-0.3, -0.25) is 0 Å². The molecule has 0 nitrogen and oxygen atoms in total. The van der Waals surface area contributed by atoms with E-state index in [1.54, 1.807) is 0 Å². The van der Waals surface area contributed by atoms with Gasteiger partial charge in [0, 0.05) is 21.1 Å². The van der Waals surface area contributed by atoms with Crippen LogP contribution in [0, 0.1) is 0 Å². The van der Waals surface area contributed by atoms with Crippen molar-refractivity contribution in [3.8, 4) is 0 Å². The van der Waals surface area contributed by atoms with E-state index in [9.17, 15) is 0 Å². The third kappa shape index (κ3) is 855. The predicted molar refractivity (Wildman–Crippen MR) is 98.8 cm³/mol. The Morgan fingerprint density at radius 3 is 0.294 bits per heavy atom. The average Bonchev–Trinajstić information content (AvgIpc) is 1.76. The van der Waals surface area contributed by atoms with E-state index in [2.05, 4.69) is 80.0 Å². The van der Waals surface area contributed by atoms with Crippen molar-refractivity contribution < 1.29 is 21.1 Å². The van der Waals surface area contributed by atoms with E-state index in [-0.39, 0.29) is 21.1 Å². The molecule has 0 unspecified atom stereocenters. The zero-order chi connectivity index (χ0) is 14.3. The van der Waals surface area contributed by atoms with Crippen molar-refractivity contribution in [2.75, 3.05) is 80.0 Å². The number of hydrogen-bond acceptors (Lipinski definition) is 0. The van der Waals surface area contributed by atoms with E-state index >= 15 is 0 Å². The molecular weight excluding hydrogens is 463 g/mol. The Kier molecular flexibility index (Phi) is 50.1. The van der Waals surface area contributed by atoms with Crippen molar-refractivity contribution >= 4 is 31.7 Å². The van der Waals surface area contributed by atoms with Gasteiger partial charge in [0.15, 0.2) is 0 Å². The van der Waals surface area contributed by atoms with Gasteiger partial charge in [0.2, 0.25) is 0 Å². The smallest absolute Gasteiger partial charge is 0 e. The molecule has 0 rings (SSSR count). The molecule has 0 aromatic heterocycles. The summed E-state index contributed by atoms with van der Waals surface area (Å²) >= 11 is 0. The summed E-state index contributed by atoms with van der Waals surface area (Å²) in [5, 5.41) is 0. The number of hydrogen-bond donors (Lipinski definition) is 0. The zero-order valence-corrected chi connectivity index (χ0v) is 20.0. The molecule has 0 saturated heterocycles. The van der Waals surface area contributed by atoms with Gasteiger partial charge < -0.3 is 0 Å². The quantitative estimate of drug-likeness (QED) is 0.390. The normalized spacial score (nSPS) is 8.47. The van der Waals surface area contributed by atoms with Crippen LogP contribution in [0.4, 0.5) is 0 Å². The van der Waals surface area contributed by atoms with E-state index in [1.165, 1.54) is 0 Å². The van der Waals surface area contributed by atoms with Gasteiger partial charge in [0.25, 0.3) is 0 Å². The average molecular weight is 499 g/mol. The Bertz CT molecular complexity index is 61.5. The molecule has 17 heavy (non-hydrogen) atoms. The molecule has 0 aromatic carbocycles. The first-order chi connectivity index (χ1) is 6.93. The Hall–Kier alpha value is 2.41. The molecule has 0 aliphatic carbocycles. The number of rotatable bonds is 0. The maximum absolute atomic E-state index is 2.23. The summed E-state index contributed by atoms with van der Waals surface area (Å²) in [6.45, 7) is 26.8. The zero-order valence-electron chi connectivity index (χ0n) is 14.1. The molecule has 0 heterocycles. The summed E-state index contributed by atoms with van der Waals surface area (Å²) in [4.78, 5) is 0. The molecule has 0 N–H and O–H groups in total. The van der Waals surface area contributed by atoms with E-state index in [1.807, 2.05) is 0 Å². The summed E-state index contributed by atoms with van der Waals surface area (Å²) in [5.41, 5.74) is 0. The Balaban J connectivity index is -0.0000000369. The third-order valence-electron chi connectivity index (χ3n) is 0. The van der Waals surface area contributed by atoms with Crippen LogP contribution in [0.5, 0.6) is 0 Å². The molecule has 0 saturated carbocycles. The van der Waals surface area contributed by atoms with Gasteiger partial charge in [-0.15, -0.1) is 31.7 Å². The largest absolute Gasteiger partial charge is 0.116 e. The monoisotopic (exact) mass is 499 g/mol. The van der Waals surface area contributed by atoms with Crippen molar-refractivity contribution in [2.24, 2.45) is 0 Å². The Labute approximate surface area is 132 Å². The summed E-state index contributed by atoms with van der Waals surface area (Å²) in [7, 11) is 1.52. The van der Waals surface area contributed by atoms with E-state index < -0.39 is 0 Å². The van der Waals surface area contributed by atoms with Crippen LogP contribution in [0.15, 0.2) is 0 Å².